The van der Waals surface area contributed by atoms with E-state index in [1.807, 2.05) is 12.1 Å². The molecular weight excluding hydrogens is 373 g/mol. The maximum atomic E-state index is 13.3. The van der Waals surface area contributed by atoms with Crippen LogP contribution in [0.3, 0.4) is 0 Å². The van der Waals surface area contributed by atoms with Gasteiger partial charge in [-0.25, -0.2) is 4.39 Å². The Kier molecular flexibility index (Phi) is 4.84. The lowest BCUT2D eigenvalue weighted by Crippen LogP contribution is -2.58. The number of para-hydroxylation sites is 1. The average Bonchev–Trinajstić information content (AvgIpc) is 2.65. The molecule has 0 unspecified atom stereocenters. The number of hydrogen-bond donors (Lipinski definition) is 1. The fraction of sp³-hybridized carbons (Fsp3) is 0.500. The van der Waals surface area contributed by atoms with Gasteiger partial charge in [-0.3, -0.25) is 0 Å². The highest BCUT2D eigenvalue weighted by atomic mass is 35.5. The first kappa shape index (κ1) is 18.4. The van der Waals surface area contributed by atoms with Crippen LogP contribution < -0.4 is 10.1 Å². The Morgan fingerprint density at radius 3 is 2.32 bits per heavy atom. The summed E-state index contributed by atoms with van der Waals surface area (Å²) < 4.78 is 19.3. The van der Waals surface area contributed by atoms with Crippen LogP contribution in [0.4, 0.5) is 4.39 Å². The largest absolute Gasteiger partial charge is 0.489 e. The lowest BCUT2D eigenvalue weighted by molar-refractivity contribution is -0.0206. The number of hydrogen-bond acceptors (Lipinski definition) is 2. The number of ether oxygens (including phenoxy) is 1. The van der Waals surface area contributed by atoms with E-state index in [0.29, 0.717) is 17.2 Å². The summed E-state index contributed by atoms with van der Waals surface area (Å²) in [6.45, 7) is 1.17. The average molecular weight is 400 g/mol. The van der Waals surface area contributed by atoms with Gasteiger partial charge in [0.2, 0.25) is 0 Å². The third-order valence-electron chi connectivity index (χ3n) is 7.06. The molecule has 6 rings (SSSR count). The predicted octanol–water partition coefficient (Wildman–Crippen LogP) is 6.12. The molecular formula is C24H27ClFNO. The summed E-state index contributed by atoms with van der Waals surface area (Å²) in [5.41, 5.74) is 2.31. The summed E-state index contributed by atoms with van der Waals surface area (Å²) in [5, 5.41) is 4.35. The van der Waals surface area contributed by atoms with E-state index in [-0.39, 0.29) is 5.82 Å². The number of benzene rings is 2. The van der Waals surface area contributed by atoms with Gasteiger partial charge in [-0.2, -0.15) is 0 Å². The molecule has 4 saturated carbocycles. The van der Waals surface area contributed by atoms with Crippen LogP contribution in [-0.2, 0) is 13.2 Å². The molecule has 4 aliphatic carbocycles. The zero-order valence-corrected chi connectivity index (χ0v) is 16.9. The molecule has 0 amide bonds. The molecule has 28 heavy (non-hydrogen) atoms. The Morgan fingerprint density at radius 2 is 1.64 bits per heavy atom. The monoisotopic (exact) mass is 399 g/mol. The van der Waals surface area contributed by atoms with Gasteiger partial charge < -0.3 is 10.1 Å². The number of rotatable bonds is 6. The number of nitrogens with one attached hydrogen (secondary N) is 1. The quantitative estimate of drug-likeness (QED) is 0.632. The van der Waals surface area contributed by atoms with Crippen LogP contribution in [0.5, 0.6) is 5.75 Å². The van der Waals surface area contributed by atoms with E-state index >= 15 is 0 Å². The van der Waals surface area contributed by atoms with E-state index in [1.165, 1.54) is 56.2 Å². The zero-order chi connectivity index (χ0) is 19.1. The van der Waals surface area contributed by atoms with Crippen molar-refractivity contribution in [3.8, 4) is 5.75 Å². The fourth-order valence-electron chi connectivity index (χ4n) is 6.19. The normalized spacial score (nSPS) is 30.6. The smallest absolute Gasteiger partial charge is 0.124 e. The van der Waals surface area contributed by atoms with E-state index in [1.54, 1.807) is 6.07 Å². The van der Waals surface area contributed by atoms with E-state index in [9.17, 15) is 4.39 Å². The second-order valence-electron chi connectivity index (χ2n) is 9.18. The van der Waals surface area contributed by atoms with Crippen molar-refractivity contribution in [1.82, 2.24) is 5.32 Å². The highest BCUT2D eigenvalue weighted by Gasteiger charge is 2.50. The van der Waals surface area contributed by atoms with Crippen molar-refractivity contribution < 1.29 is 9.13 Å². The van der Waals surface area contributed by atoms with Gasteiger partial charge in [0.25, 0.3) is 0 Å². The van der Waals surface area contributed by atoms with Gasteiger partial charge in [0.05, 0.1) is 5.02 Å². The first-order valence-corrected chi connectivity index (χ1v) is 10.9. The fourth-order valence-corrected chi connectivity index (χ4v) is 6.42. The second-order valence-corrected chi connectivity index (χ2v) is 9.59. The van der Waals surface area contributed by atoms with Gasteiger partial charge in [-0.05, 0) is 74.5 Å². The lowest BCUT2D eigenvalue weighted by Gasteiger charge is -2.57. The van der Waals surface area contributed by atoms with Crippen LogP contribution >= 0.6 is 11.6 Å². The summed E-state index contributed by atoms with van der Waals surface area (Å²) in [6.07, 6.45) is 8.39. The van der Waals surface area contributed by atoms with Crippen molar-refractivity contribution in [2.75, 3.05) is 0 Å². The van der Waals surface area contributed by atoms with Crippen LogP contribution in [-0.4, -0.2) is 5.54 Å². The molecule has 0 aliphatic heterocycles. The topological polar surface area (TPSA) is 21.3 Å². The Morgan fingerprint density at radius 1 is 0.964 bits per heavy atom. The summed E-state index contributed by atoms with van der Waals surface area (Å²) in [6, 6.07) is 12.6. The van der Waals surface area contributed by atoms with Crippen molar-refractivity contribution in [3.63, 3.8) is 0 Å². The van der Waals surface area contributed by atoms with E-state index < -0.39 is 0 Å². The minimum absolute atomic E-state index is 0.325. The zero-order valence-electron chi connectivity index (χ0n) is 16.1. The standard InChI is InChI=1S/C24H27ClFNO/c25-22-10-21(26)6-5-20(22)15-28-23-4-2-1-3-19(23)14-27-24-11-16-7-17(12-24)9-18(8-16)13-24/h1-6,10,16-18,27H,7-9,11-15H2. The highest BCUT2D eigenvalue weighted by molar-refractivity contribution is 6.31. The van der Waals surface area contributed by atoms with E-state index in [4.69, 9.17) is 16.3 Å². The van der Waals surface area contributed by atoms with Crippen molar-refractivity contribution in [3.05, 3.63) is 64.4 Å². The van der Waals surface area contributed by atoms with Gasteiger partial charge in [0.1, 0.15) is 18.2 Å². The Bertz CT molecular complexity index is 832. The highest BCUT2D eigenvalue weighted by Crippen LogP contribution is 2.55. The van der Waals surface area contributed by atoms with Crippen molar-refractivity contribution in [2.24, 2.45) is 17.8 Å². The third-order valence-corrected chi connectivity index (χ3v) is 7.41. The molecule has 1 N–H and O–H groups in total. The molecule has 4 aliphatic rings. The molecule has 4 bridgehead atoms. The summed E-state index contributed by atoms with van der Waals surface area (Å²) in [4.78, 5) is 0. The van der Waals surface area contributed by atoms with Crippen LogP contribution in [0.1, 0.15) is 49.7 Å². The molecule has 2 nitrogen and oxygen atoms in total. The van der Waals surface area contributed by atoms with Crippen molar-refractivity contribution in [2.45, 2.75) is 57.2 Å². The minimum atomic E-state index is -0.325. The molecule has 2 aromatic rings. The first-order valence-electron chi connectivity index (χ1n) is 10.5. The van der Waals surface area contributed by atoms with E-state index in [2.05, 4.69) is 17.4 Å². The molecule has 0 aromatic heterocycles. The van der Waals surface area contributed by atoms with Crippen LogP contribution in [0.15, 0.2) is 42.5 Å². The van der Waals surface area contributed by atoms with Crippen LogP contribution in [0.2, 0.25) is 5.02 Å². The summed E-state index contributed by atoms with van der Waals surface area (Å²) >= 11 is 6.14. The molecule has 2 aromatic carbocycles. The van der Waals surface area contributed by atoms with E-state index in [0.717, 1.165) is 35.6 Å². The van der Waals surface area contributed by atoms with Gasteiger partial charge in [0, 0.05) is 23.2 Å². The summed E-state index contributed by atoms with van der Waals surface area (Å²) in [7, 11) is 0. The maximum absolute atomic E-state index is 13.3. The maximum Gasteiger partial charge on any atom is 0.124 e. The predicted molar refractivity (Wildman–Crippen MR) is 110 cm³/mol. The Balaban J connectivity index is 1.26. The molecule has 0 radical (unpaired) electrons. The molecule has 4 fully saturated rings. The molecule has 0 spiro atoms. The van der Waals surface area contributed by atoms with Gasteiger partial charge in [-0.1, -0.05) is 35.9 Å². The first-order chi connectivity index (χ1) is 13.6. The van der Waals surface area contributed by atoms with Gasteiger partial charge in [-0.15, -0.1) is 0 Å². The molecule has 0 heterocycles. The van der Waals surface area contributed by atoms with Crippen molar-refractivity contribution in [1.29, 1.82) is 0 Å². The molecule has 0 saturated heterocycles. The molecule has 4 heteroatoms. The third kappa shape index (κ3) is 3.67. The Hall–Kier alpha value is -1.58. The number of halogens is 2. The van der Waals surface area contributed by atoms with Gasteiger partial charge in [0.15, 0.2) is 0 Å². The summed E-state index contributed by atoms with van der Waals surface area (Å²) in [5.74, 6) is 3.36. The molecule has 148 valence electrons. The van der Waals surface area contributed by atoms with Crippen LogP contribution in [0.25, 0.3) is 0 Å². The Labute approximate surface area is 171 Å². The van der Waals surface area contributed by atoms with Crippen LogP contribution in [0, 0.1) is 23.6 Å². The van der Waals surface area contributed by atoms with Crippen molar-refractivity contribution >= 4 is 11.6 Å². The second kappa shape index (κ2) is 7.35. The van der Waals surface area contributed by atoms with Gasteiger partial charge >= 0.3 is 0 Å². The lowest BCUT2D eigenvalue weighted by atomic mass is 9.53. The minimum Gasteiger partial charge on any atom is -0.489 e. The SMILES string of the molecule is Fc1ccc(COc2ccccc2CNC23CC4CC(CC(C4)C2)C3)c(Cl)c1. The molecule has 0 atom stereocenters.